The number of amides is 1. The third kappa shape index (κ3) is 6.52. The van der Waals surface area contributed by atoms with Crippen LogP contribution in [0.5, 0.6) is 11.5 Å². The van der Waals surface area contributed by atoms with Gasteiger partial charge in [-0.05, 0) is 93.8 Å². The fourth-order valence-corrected chi connectivity index (χ4v) is 6.29. The number of carbonyl (C=O) groups excluding carboxylic acids is 2. The molecule has 0 aromatic heterocycles. The molecule has 40 heavy (non-hydrogen) atoms. The molecule has 1 amide bonds. The highest BCUT2D eigenvalue weighted by molar-refractivity contribution is 7.89. The van der Waals surface area contributed by atoms with Crippen LogP contribution in [0.2, 0.25) is 5.02 Å². The van der Waals surface area contributed by atoms with Crippen LogP contribution in [0.3, 0.4) is 0 Å². The van der Waals surface area contributed by atoms with Gasteiger partial charge in [-0.15, -0.1) is 0 Å². The molecular formula is C29H34ClN3O6S. The molecule has 2 fully saturated rings. The number of allylic oxidation sites excluding steroid dienone is 2. The van der Waals surface area contributed by atoms with Gasteiger partial charge in [0, 0.05) is 24.7 Å². The first-order valence-corrected chi connectivity index (χ1v) is 15.6. The van der Waals surface area contributed by atoms with E-state index in [2.05, 4.69) is 10.2 Å². The van der Waals surface area contributed by atoms with Gasteiger partial charge in [-0.2, -0.15) is 0 Å². The molecule has 2 heterocycles. The summed E-state index contributed by atoms with van der Waals surface area (Å²) >= 11 is 5.92. The first-order chi connectivity index (χ1) is 19.1. The van der Waals surface area contributed by atoms with E-state index in [4.69, 9.17) is 26.2 Å². The van der Waals surface area contributed by atoms with Crippen molar-refractivity contribution in [3.8, 4) is 11.5 Å². The van der Waals surface area contributed by atoms with E-state index < -0.39 is 10.0 Å². The number of hydrogen-bond donors (Lipinski definition) is 2. The number of ketones is 1. The number of fused-ring (bicyclic) bond motifs is 1. The van der Waals surface area contributed by atoms with E-state index in [0.717, 1.165) is 63.7 Å². The molecular weight excluding hydrogens is 554 g/mol. The maximum atomic E-state index is 13.0. The molecule has 3 aliphatic rings. The Kier molecular flexibility index (Phi) is 8.51. The van der Waals surface area contributed by atoms with Crippen molar-refractivity contribution in [3.05, 3.63) is 63.9 Å². The zero-order valence-electron chi connectivity index (χ0n) is 22.5. The summed E-state index contributed by atoms with van der Waals surface area (Å²) < 4.78 is 35.3. The van der Waals surface area contributed by atoms with E-state index in [9.17, 15) is 18.0 Å². The van der Waals surface area contributed by atoms with Gasteiger partial charge in [0.15, 0.2) is 5.76 Å². The van der Waals surface area contributed by atoms with Gasteiger partial charge in [-0.1, -0.05) is 17.7 Å². The van der Waals surface area contributed by atoms with Crippen molar-refractivity contribution in [1.82, 2.24) is 10.2 Å². The fraction of sp³-hybridized carbons (Fsp3) is 0.448. The SMILES string of the molecule is C/C(=C1/Oc2cccc(OCCCCN3CCC(NC(=O)c4ccc(Cl)c(S(N)(=O)=O)c4)CC3)c2C1=O)C1CC1. The number of hydrogen-bond acceptors (Lipinski definition) is 7. The number of nitrogens with zero attached hydrogens (tertiary/aromatic N) is 1. The molecule has 11 heteroatoms. The smallest absolute Gasteiger partial charge is 0.251 e. The zero-order chi connectivity index (χ0) is 28.4. The number of primary sulfonamides is 1. The number of likely N-dealkylation sites (tertiary alicyclic amines) is 1. The Bertz CT molecular complexity index is 1450. The van der Waals surface area contributed by atoms with Gasteiger partial charge in [0.1, 0.15) is 22.0 Å². The van der Waals surface area contributed by atoms with Crippen LogP contribution in [0.4, 0.5) is 0 Å². The number of piperidine rings is 1. The molecule has 1 saturated carbocycles. The van der Waals surface area contributed by atoms with Crippen LogP contribution in [-0.2, 0) is 10.0 Å². The molecule has 3 N–H and O–H groups in total. The minimum Gasteiger partial charge on any atom is -0.493 e. The largest absolute Gasteiger partial charge is 0.493 e. The summed E-state index contributed by atoms with van der Waals surface area (Å²) in [6, 6.07) is 9.56. The number of nitrogens with two attached hydrogens (primary N) is 1. The van der Waals surface area contributed by atoms with E-state index in [1.807, 2.05) is 25.1 Å². The number of rotatable bonds is 10. The molecule has 0 unspecified atom stereocenters. The number of benzene rings is 2. The number of sulfonamides is 1. The van der Waals surface area contributed by atoms with Gasteiger partial charge in [0.05, 0.1) is 11.6 Å². The molecule has 0 atom stereocenters. The van der Waals surface area contributed by atoms with Crippen LogP contribution in [0, 0.1) is 5.92 Å². The summed E-state index contributed by atoms with van der Waals surface area (Å²) in [5.74, 6) is 1.66. The molecule has 2 aliphatic heterocycles. The van der Waals surface area contributed by atoms with Crippen molar-refractivity contribution < 1.29 is 27.5 Å². The quantitative estimate of drug-likeness (QED) is 0.313. The van der Waals surface area contributed by atoms with E-state index in [-0.39, 0.29) is 33.2 Å². The summed E-state index contributed by atoms with van der Waals surface area (Å²) in [6.45, 7) is 5.12. The van der Waals surface area contributed by atoms with Crippen molar-refractivity contribution >= 4 is 33.3 Å². The van der Waals surface area contributed by atoms with E-state index in [1.54, 1.807) is 0 Å². The minimum absolute atomic E-state index is 0.00289. The Morgan fingerprint density at radius 1 is 1.15 bits per heavy atom. The third-order valence-electron chi connectivity index (χ3n) is 7.73. The number of ether oxygens (including phenoxy) is 2. The molecule has 0 radical (unpaired) electrons. The zero-order valence-corrected chi connectivity index (χ0v) is 24.0. The van der Waals surface area contributed by atoms with Crippen LogP contribution in [0.1, 0.15) is 66.2 Å². The van der Waals surface area contributed by atoms with Crippen molar-refractivity contribution in [3.63, 3.8) is 0 Å². The fourth-order valence-electron chi connectivity index (χ4n) is 5.22. The second-order valence-corrected chi connectivity index (χ2v) is 12.6. The van der Waals surface area contributed by atoms with Crippen molar-refractivity contribution in [2.75, 3.05) is 26.2 Å². The van der Waals surface area contributed by atoms with Crippen LogP contribution >= 0.6 is 11.6 Å². The number of Topliss-reactive ketones (excluding diaryl/α,β-unsaturated/α-hetero) is 1. The molecule has 0 spiro atoms. The van der Waals surface area contributed by atoms with Crippen molar-refractivity contribution in [2.45, 2.75) is 56.4 Å². The number of nitrogens with one attached hydrogen (secondary N) is 1. The summed E-state index contributed by atoms with van der Waals surface area (Å²) in [5, 5.41) is 8.16. The summed E-state index contributed by atoms with van der Waals surface area (Å²) in [6.07, 6.45) is 5.63. The van der Waals surface area contributed by atoms with Crippen molar-refractivity contribution in [2.24, 2.45) is 11.1 Å². The van der Waals surface area contributed by atoms with Gasteiger partial charge >= 0.3 is 0 Å². The van der Waals surface area contributed by atoms with Gasteiger partial charge < -0.3 is 19.7 Å². The first-order valence-electron chi connectivity index (χ1n) is 13.7. The number of halogens is 1. The molecule has 9 nitrogen and oxygen atoms in total. The molecule has 5 rings (SSSR count). The number of carbonyl (C=O) groups is 2. The highest BCUT2D eigenvalue weighted by Crippen LogP contribution is 2.43. The van der Waals surface area contributed by atoms with Gasteiger partial charge in [-0.3, -0.25) is 9.59 Å². The summed E-state index contributed by atoms with van der Waals surface area (Å²) in [5.41, 5.74) is 1.77. The maximum Gasteiger partial charge on any atom is 0.251 e. The van der Waals surface area contributed by atoms with E-state index in [1.165, 1.54) is 18.2 Å². The normalized spacial score (nSPS) is 19.2. The molecule has 1 aliphatic carbocycles. The molecule has 2 aromatic carbocycles. The Morgan fingerprint density at radius 3 is 2.60 bits per heavy atom. The van der Waals surface area contributed by atoms with Crippen LogP contribution in [-0.4, -0.2) is 57.3 Å². The standard InChI is InChI=1S/C29H34ClN3O6S/c1-18(19-7-8-19)28-27(34)26-23(5-4-6-24(26)39-28)38-16-3-2-13-33-14-11-21(12-15-33)32-29(35)20-9-10-22(30)25(17-20)40(31,36)37/h4-6,9-10,17,19,21H,2-3,7-8,11-16H2,1H3,(H,32,35)(H2,31,36,37)/b28-18-. The second-order valence-electron chi connectivity index (χ2n) is 10.7. The maximum absolute atomic E-state index is 13.0. The Labute approximate surface area is 239 Å². The summed E-state index contributed by atoms with van der Waals surface area (Å²) in [4.78, 5) is 27.8. The van der Waals surface area contributed by atoms with Gasteiger partial charge in [0.2, 0.25) is 15.8 Å². The molecule has 0 bridgehead atoms. The highest BCUT2D eigenvalue weighted by Gasteiger charge is 2.36. The van der Waals surface area contributed by atoms with E-state index >= 15 is 0 Å². The predicted molar refractivity (Wildman–Crippen MR) is 151 cm³/mol. The Balaban J connectivity index is 1.03. The molecule has 1 saturated heterocycles. The average Bonchev–Trinajstić information content (AvgIpc) is 3.72. The lowest BCUT2D eigenvalue weighted by Crippen LogP contribution is -2.44. The van der Waals surface area contributed by atoms with Gasteiger partial charge in [0.25, 0.3) is 5.91 Å². The lowest BCUT2D eigenvalue weighted by atomic mass is 10.0. The van der Waals surface area contributed by atoms with E-state index in [0.29, 0.717) is 35.3 Å². The Hall–Kier alpha value is -2.92. The predicted octanol–water partition coefficient (Wildman–Crippen LogP) is 4.30. The van der Waals surface area contributed by atoms with Crippen LogP contribution < -0.4 is 19.9 Å². The molecule has 214 valence electrons. The highest BCUT2D eigenvalue weighted by atomic mass is 35.5. The molecule has 2 aromatic rings. The monoisotopic (exact) mass is 587 g/mol. The topological polar surface area (TPSA) is 128 Å². The van der Waals surface area contributed by atoms with Crippen LogP contribution in [0.25, 0.3) is 0 Å². The van der Waals surface area contributed by atoms with Gasteiger partial charge in [-0.25, -0.2) is 13.6 Å². The third-order valence-corrected chi connectivity index (χ3v) is 9.12. The second kappa shape index (κ2) is 11.9. The van der Waals surface area contributed by atoms with Crippen LogP contribution in [0.15, 0.2) is 52.6 Å². The lowest BCUT2D eigenvalue weighted by molar-refractivity contribution is 0.0909. The minimum atomic E-state index is -4.02. The summed E-state index contributed by atoms with van der Waals surface area (Å²) in [7, 11) is -4.02. The first kappa shape index (κ1) is 28.6. The Morgan fingerprint density at radius 2 is 1.90 bits per heavy atom. The van der Waals surface area contributed by atoms with Crippen molar-refractivity contribution in [1.29, 1.82) is 0 Å². The number of unbranched alkanes of at least 4 members (excludes halogenated alkanes) is 1. The lowest BCUT2D eigenvalue weighted by Gasteiger charge is -2.32. The average molecular weight is 588 g/mol.